The number of likely N-dealkylation sites (N-methyl/N-ethyl adjacent to an activating group) is 1. The molecule has 1 aromatic heterocycles. The van der Waals surface area contributed by atoms with E-state index >= 15 is 0 Å². The van der Waals surface area contributed by atoms with E-state index in [-0.39, 0.29) is 5.69 Å². The first-order chi connectivity index (χ1) is 11.9. The lowest BCUT2D eigenvalue weighted by Crippen LogP contribution is -2.23. The molecule has 0 N–H and O–H groups in total. The van der Waals surface area contributed by atoms with Crippen LogP contribution in [0.2, 0.25) is 0 Å². The molecule has 2 aromatic rings. The van der Waals surface area contributed by atoms with Gasteiger partial charge in [0.25, 0.3) is 5.69 Å². The molecule has 0 atom stereocenters. The number of nitro benzene ring substituents is 1. The fourth-order valence-corrected chi connectivity index (χ4v) is 2.29. The number of carbonyl (C=O) groups excluding carboxylic acids is 1. The van der Waals surface area contributed by atoms with Crippen LogP contribution in [0, 0.1) is 17.0 Å². The van der Waals surface area contributed by atoms with Crippen LogP contribution in [0.3, 0.4) is 0 Å². The Morgan fingerprint density at radius 1 is 1.36 bits per heavy atom. The lowest BCUT2D eigenvalue weighted by molar-refractivity contribution is -0.384. The Labute approximate surface area is 145 Å². The van der Waals surface area contributed by atoms with Gasteiger partial charge < -0.3 is 13.9 Å². The molecule has 0 aliphatic rings. The minimum absolute atomic E-state index is 0.00717. The zero-order valence-corrected chi connectivity index (χ0v) is 14.4. The van der Waals surface area contributed by atoms with Crippen LogP contribution in [0.25, 0.3) is 0 Å². The molecule has 0 spiro atoms. The zero-order valence-electron chi connectivity index (χ0n) is 14.4. The van der Waals surface area contributed by atoms with E-state index in [1.807, 2.05) is 11.9 Å². The summed E-state index contributed by atoms with van der Waals surface area (Å²) in [7, 11) is 3.21. The van der Waals surface area contributed by atoms with E-state index in [1.54, 1.807) is 25.1 Å². The van der Waals surface area contributed by atoms with E-state index in [0.29, 0.717) is 42.5 Å². The highest BCUT2D eigenvalue weighted by atomic mass is 16.6. The summed E-state index contributed by atoms with van der Waals surface area (Å²) >= 11 is 0. The van der Waals surface area contributed by atoms with Crippen molar-refractivity contribution in [3.63, 3.8) is 0 Å². The number of hydrogen-bond donors (Lipinski definition) is 0. The van der Waals surface area contributed by atoms with Gasteiger partial charge in [0.1, 0.15) is 29.4 Å². The molecule has 0 fully saturated rings. The summed E-state index contributed by atoms with van der Waals surface area (Å²) in [6.45, 7) is 3.15. The van der Waals surface area contributed by atoms with Gasteiger partial charge in [-0.15, -0.1) is 0 Å². The monoisotopic (exact) mass is 348 g/mol. The number of rotatable bonds is 8. The number of non-ortho nitro benzene ring substituents is 1. The van der Waals surface area contributed by atoms with Crippen molar-refractivity contribution in [1.82, 2.24) is 4.90 Å². The second-order valence-electron chi connectivity index (χ2n) is 5.51. The van der Waals surface area contributed by atoms with Gasteiger partial charge in [-0.2, -0.15) is 0 Å². The fraction of sp³-hybridized carbons (Fsp3) is 0.353. The quantitative estimate of drug-likeness (QED) is 0.411. The second-order valence-corrected chi connectivity index (χ2v) is 5.51. The van der Waals surface area contributed by atoms with E-state index in [1.165, 1.54) is 19.2 Å². The molecule has 25 heavy (non-hydrogen) atoms. The fourth-order valence-electron chi connectivity index (χ4n) is 2.29. The first-order valence-electron chi connectivity index (χ1n) is 7.64. The highest BCUT2D eigenvalue weighted by molar-refractivity contribution is 5.90. The molecule has 8 nitrogen and oxygen atoms in total. The van der Waals surface area contributed by atoms with Crippen molar-refractivity contribution in [1.29, 1.82) is 0 Å². The third-order valence-electron chi connectivity index (χ3n) is 3.57. The van der Waals surface area contributed by atoms with Crippen LogP contribution in [-0.2, 0) is 11.3 Å². The lowest BCUT2D eigenvalue weighted by Gasteiger charge is -2.15. The Bertz CT molecular complexity index is 755. The molecule has 2 rings (SSSR count). The number of furan rings is 1. The number of carbonyl (C=O) groups is 1. The standard InChI is InChI=1S/C17H20N2O6/c1-12-16(17(20)23-3)10-15(25-12)11-18(2)7-8-24-14-6-4-5-13(9-14)19(21)22/h4-6,9-10H,7-8,11H2,1-3H3. The average molecular weight is 348 g/mol. The van der Waals surface area contributed by atoms with Gasteiger partial charge in [0.2, 0.25) is 0 Å². The Morgan fingerprint density at radius 2 is 2.12 bits per heavy atom. The number of benzene rings is 1. The van der Waals surface area contributed by atoms with E-state index in [2.05, 4.69) is 0 Å². The number of nitro groups is 1. The third kappa shape index (κ3) is 5.05. The number of nitrogens with zero attached hydrogens (tertiary/aromatic N) is 2. The predicted molar refractivity (Wildman–Crippen MR) is 89.7 cm³/mol. The maximum atomic E-state index is 11.6. The molecule has 0 aliphatic heterocycles. The molecule has 0 aliphatic carbocycles. The van der Waals surface area contributed by atoms with Crippen molar-refractivity contribution in [3.8, 4) is 5.75 Å². The zero-order chi connectivity index (χ0) is 18.4. The maximum Gasteiger partial charge on any atom is 0.341 e. The molecule has 0 bridgehead atoms. The summed E-state index contributed by atoms with van der Waals surface area (Å²) in [5.74, 6) is 1.19. The van der Waals surface area contributed by atoms with E-state index in [4.69, 9.17) is 13.9 Å². The van der Waals surface area contributed by atoms with Gasteiger partial charge in [0, 0.05) is 12.6 Å². The third-order valence-corrected chi connectivity index (χ3v) is 3.57. The Balaban J connectivity index is 1.85. The van der Waals surface area contributed by atoms with Gasteiger partial charge in [0.05, 0.1) is 24.6 Å². The summed E-state index contributed by atoms with van der Waals surface area (Å²) in [5, 5.41) is 10.7. The SMILES string of the molecule is COC(=O)c1cc(CN(C)CCOc2cccc([N+](=O)[O-])c2)oc1C. The van der Waals surface area contributed by atoms with E-state index in [9.17, 15) is 14.9 Å². The molecule has 1 heterocycles. The largest absolute Gasteiger partial charge is 0.492 e. The molecule has 0 radical (unpaired) electrons. The summed E-state index contributed by atoms with van der Waals surface area (Å²) in [6.07, 6.45) is 0. The highest BCUT2D eigenvalue weighted by Gasteiger charge is 2.16. The molecule has 1 aromatic carbocycles. The summed E-state index contributed by atoms with van der Waals surface area (Å²) in [4.78, 5) is 23.8. The van der Waals surface area contributed by atoms with Crippen LogP contribution in [0.5, 0.6) is 5.75 Å². The number of methoxy groups -OCH3 is 1. The van der Waals surface area contributed by atoms with Crippen molar-refractivity contribution in [3.05, 3.63) is 57.5 Å². The molecular formula is C17H20N2O6. The topological polar surface area (TPSA) is 95.0 Å². The maximum absolute atomic E-state index is 11.6. The minimum Gasteiger partial charge on any atom is -0.492 e. The van der Waals surface area contributed by atoms with Crippen molar-refractivity contribution < 1.29 is 23.6 Å². The van der Waals surface area contributed by atoms with Crippen molar-refractivity contribution in [2.24, 2.45) is 0 Å². The average Bonchev–Trinajstić information content (AvgIpc) is 2.94. The molecule has 8 heteroatoms. The van der Waals surface area contributed by atoms with Crippen LogP contribution >= 0.6 is 0 Å². The smallest absolute Gasteiger partial charge is 0.341 e. The first-order valence-corrected chi connectivity index (χ1v) is 7.64. The highest BCUT2D eigenvalue weighted by Crippen LogP contribution is 2.19. The summed E-state index contributed by atoms with van der Waals surface area (Å²) in [5.41, 5.74) is 0.408. The summed E-state index contributed by atoms with van der Waals surface area (Å²) < 4.78 is 15.8. The summed E-state index contributed by atoms with van der Waals surface area (Å²) in [6, 6.07) is 7.72. The van der Waals surface area contributed by atoms with Crippen molar-refractivity contribution in [2.75, 3.05) is 27.3 Å². The van der Waals surface area contributed by atoms with Gasteiger partial charge in [0.15, 0.2) is 0 Å². The number of hydrogen-bond acceptors (Lipinski definition) is 7. The van der Waals surface area contributed by atoms with Crippen LogP contribution < -0.4 is 4.74 Å². The molecule has 0 saturated heterocycles. The van der Waals surface area contributed by atoms with E-state index in [0.717, 1.165) is 0 Å². The van der Waals surface area contributed by atoms with Crippen LogP contribution in [0.1, 0.15) is 21.9 Å². The second kappa shape index (κ2) is 8.29. The van der Waals surface area contributed by atoms with E-state index < -0.39 is 10.9 Å². The van der Waals surface area contributed by atoms with Gasteiger partial charge in [-0.3, -0.25) is 15.0 Å². The van der Waals surface area contributed by atoms with Crippen LogP contribution in [0.4, 0.5) is 5.69 Å². The number of aryl methyl sites for hydroxylation is 1. The van der Waals surface area contributed by atoms with Gasteiger partial charge in [-0.25, -0.2) is 4.79 Å². The van der Waals surface area contributed by atoms with Gasteiger partial charge >= 0.3 is 5.97 Å². The Morgan fingerprint density at radius 3 is 2.80 bits per heavy atom. The molecule has 0 saturated carbocycles. The van der Waals surface area contributed by atoms with Gasteiger partial charge in [-0.1, -0.05) is 6.07 Å². The van der Waals surface area contributed by atoms with Crippen LogP contribution in [-0.4, -0.2) is 43.1 Å². The number of esters is 1. The van der Waals surface area contributed by atoms with Gasteiger partial charge in [-0.05, 0) is 26.1 Å². The normalized spacial score (nSPS) is 10.7. The van der Waals surface area contributed by atoms with Crippen LogP contribution in [0.15, 0.2) is 34.7 Å². The van der Waals surface area contributed by atoms with Crippen molar-refractivity contribution >= 4 is 11.7 Å². The molecular weight excluding hydrogens is 328 g/mol. The molecule has 0 unspecified atom stereocenters. The Kier molecular flexibility index (Phi) is 6.13. The lowest BCUT2D eigenvalue weighted by atomic mass is 10.2. The first kappa shape index (κ1) is 18.5. The Hall–Kier alpha value is -2.87. The number of ether oxygens (including phenoxy) is 2. The molecule has 0 amide bonds. The predicted octanol–water partition coefficient (Wildman–Crippen LogP) is 2.79. The van der Waals surface area contributed by atoms with Crippen molar-refractivity contribution in [2.45, 2.75) is 13.5 Å². The molecule has 134 valence electrons. The minimum atomic E-state index is -0.461.